The number of amides is 1. The number of anilines is 1. The molecule has 0 aliphatic carbocycles. The molecule has 0 aliphatic rings. The maximum Gasteiger partial charge on any atom is 0.375 e. The number of carbonyl (C=O) groups is 2. The Kier molecular flexibility index (Phi) is 5.98. The molecule has 0 bridgehead atoms. The van der Waals surface area contributed by atoms with Crippen LogP contribution >= 0.6 is 0 Å². The van der Waals surface area contributed by atoms with Crippen LogP contribution in [0, 0.1) is 0 Å². The lowest BCUT2D eigenvalue weighted by Crippen LogP contribution is -2.30. The van der Waals surface area contributed by atoms with Gasteiger partial charge < -0.3 is 19.2 Å². The molecule has 1 amide bonds. The lowest BCUT2D eigenvalue weighted by Gasteiger charge is -2.13. The second kappa shape index (κ2) is 9.17. The predicted octanol–water partition coefficient (Wildman–Crippen LogP) is 5.20. The zero-order valence-corrected chi connectivity index (χ0v) is 16.9. The van der Waals surface area contributed by atoms with E-state index in [9.17, 15) is 9.59 Å². The van der Waals surface area contributed by atoms with Gasteiger partial charge in [-0.2, -0.15) is 0 Å². The number of hydrogen-bond acceptors (Lipinski definition) is 5. The van der Waals surface area contributed by atoms with Gasteiger partial charge in [0.2, 0.25) is 5.76 Å². The number of fused-ring (bicyclic) bond motifs is 1. The zero-order valence-electron chi connectivity index (χ0n) is 16.9. The van der Waals surface area contributed by atoms with Crippen molar-refractivity contribution in [2.45, 2.75) is 19.6 Å². The first kappa shape index (κ1) is 20.2. The van der Waals surface area contributed by atoms with Crippen molar-refractivity contribution in [1.82, 2.24) is 0 Å². The average Bonchev–Trinajstić information content (AvgIpc) is 3.18. The monoisotopic (exact) mass is 415 g/mol. The molecule has 0 saturated heterocycles. The first-order chi connectivity index (χ1) is 15.1. The van der Waals surface area contributed by atoms with E-state index in [1.807, 2.05) is 54.6 Å². The topological polar surface area (TPSA) is 77.8 Å². The third-order valence-electron chi connectivity index (χ3n) is 4.70. The summed E-state index contributed by atoms with van der Waals surface area (Å²) in [5.41, 5.74) is 1.73. The van der Waals surface area contributed by atoms with Crippen molar-refractivity contribution >= 4 is 28.5 Å². The van der Waals surface area contributed by atoms with Crippen LogP contribution in [0.25, 0.3) is 11.0 Å². The smallest absolute Gasteiger partial charge is 0.375 e. The van der Waals surface area contributed by atoms with Gasteiger partial charge in [-0.25, -0.2) is 4.79 Å². The van der Waals surface area contributed by atoms with E-state index < -0.39 is 18.0 Å². The molecule has 6 heteroatoms. The van der Waals surface area contributed by atoms with Gasteiger partial charge >= 0.3 is 5.97 Å². The molecule has 156 valence electrons. The van der Waals surface area contributed by atoms with E-state index in [4.69, 9.17) is 13.9 Å². The highest BCUT2D eigenvalue weighted by molar-refractivity contribution is 5.99. The number of benzene rings is 3. The molecule has 1 heterocycles. The standard InChI is InChI=1S/C25H21NO5/c1-17(24(27)26-18-10-4-2-5-11-18)30-25(28)23-21(16-29-19-12-6-3-7-13-19)20-14-8-9-15-22(20)31-23/h2-15,17H,16H2,1H3,(H,26,27)/t17-/m0/s1. The number of hydrogen-bond donors (Lipinski definition) is 1. The van der Waals surface area contributed by atoms with Crippen molar-refractivity contribution in [3.8, 4) is 5.75 Å². The Balaban J connectivity index is 1.52. The molecule has 1 atom stereocenters. The molecule has 0 aliphatic heterocycles. The summed E-state index contributed by atoms with van der Waals surface area (Å²) in [5, 5.41) is 3.47. The summed E-state index contributed by atoms with van der Waals surface area (Å²) in [7, 11) is 0. The van der Waals surface area contributed by atoms with Crippen molar-refractivity contribution in [1.29, 1.82) is 0 Å². The van der Waals surface area contributed by atoms with Gasteiger partial charge in [0.05, 0.1) is 5.56 Å². The summed E-state index contributed by atoms with van der Waals surface area (Å²) < 4.78 is 17.0. The van der Waals surface area contributed by atoms with Gasteiger partial charge in [0.15, 0.2) is 6.10 Å². The van der Waals surface area contributed by atoms with Crippen LogP contribution in [-0.2, 0) is 16.1 Å². The molecule has 1 aromatic heterocycles. The fourth-order valence-electron chi connectivity index (χ4n) is 3.11. The summed E-state index contributed by atoms with van der Waals surface area (Å²) in [6.45, 7) is 1.63. The van der Waals surface area contributed by atoms with Gasteiger partial charge in [0, 0.05) is 11.1 Å². The van der Waals surface area contributed by atoms with Gasteiger partial charge in [0.25, 0.3) is 5.91 Å². The molecule has 4 rings (SSSR count). The van der Waals surface area contributed by atoms with E-state index in [0.29, 0.717) is 22.6 Å². The normalized spacial score (nSPS) is 11.6. The minimum atomic E-state index is -1.01. The van der Waals surface area contributed by atoms with Crippen molar-refractivity contribution in [3.05, 3.63) is 96.3 Å². The molecule has 0 saturated carbocycles. The lowest BCUT2D eigenvalue weighted by atomic mass is 10.1. The van der Waals surface area contributed by atoms with Gasteiger partial charge in [0.1, 0.15) is 17.9 Å². The van der Waals surface area contributed by atoms with Crippen LogP contribution in [0.4, 0.5) is 5.69 Å². The minimum absolute atomic E-state index is 0.0245. The third kappa shape index (κ3) is 4.75. The van der Waals surface area contributed by atoms with E-state index in [-0.39, 0.29) is 12.4 Å². The van der Waals surface area contributed by atoms with Crippen LogP contribution in [0.5, 0.6) is 5.75 Å². The number of furan rings is 1. The Morgan fingerprint density at radius 2 is 1.55 bits per heavy atom. The minimum Gasteiger partial charge on any atom is -0.489 e. The molecule has 31 heavy (non-hydrogen) atoms. The second-order valence-electron chi connectivity index (χ2n) is 6.91. The average molecular weight is 415 g/mol. The Labute approximate surface area is 179 Å². The summed E-state index contributed by atoms with van der Waals surface area (Å²) in [6.07, 6.45) is -1.01. The van der Waals surface area contributed by atoms with Crippen LogP contribution in [0.1, 0.15) is 23.0 Å². The highest BCUT2D eigenvalue weighted by Crippen LogP contribution is 2.28. The first-order valence-electron chi connectivity index (χ1n) is 9.87. The Morgan fingerprint density at radius 1 is 0.903 bits per heavy atom. The van der Waals surface area contributed by atoms with Crippen LogP contribution in [0.15, 0.2) is 89.3 Å². The van der Waals surface area contributed by atoms with Crippen molar-refractivity contribution in [3.63, 3.8) is 0 Å². The first-order valence-corrected chi connectivity index (χ1v) is 9.87. The van der Waals surface area contributed by atoms with Crippen LogP contribution < -0.4 is 10.1 Å². The summed E-state index contributed by atoms with van der Waals surface area (Å²) in [5.74, 6) is -0.462. The van der Waals surface area contributed by atoms with E-state index >= 15 is 0 Å². The zero-order chi connectivity index (χ0) is 21.6. The fourth-order valence-corrected chi connectivity index (χ4v) is 3.11. The molecule has 0 unspecified atom stereocenters. The summed E-state index contributed by atoms with van der Waals surface area (Å²) in [6, 6.07) is 25.5. The van der Waals surface area contributed by atoms with Crippen LogP contribution in [0.3, 0.4) is 0 Å². The lowest BCUT2D eigenvalue weighted by molar-refractivity contribution is -0.123. The largest absolute Gasteiger partial charge is 0.489 e. The molecular formula is C25H21NO5. The Morgan fingerprint density at radius 3 is 2.29 bits per heavy atom. The van der Waals surface area contributed by atoms with Gasteiger partial charge in [-0.1, -0.05) is 54.6 Å². The van der Waals surface area contributed by atoms with E-state index in [0.717, 1.165) is 5.39 Å². The van der Waals surface area contributed by atoms with E-state index in [1.54, 1.807) is 30.3 Å². The number of ether oxygens (including phenoxy) is 2. The molecule has 0 fully saturated rings. The molecule has 0 radical (unpaired) electrons. The molecule has 4 aromatic rings. The quantitative estimate of drug-likeness (QED) is 0.420. The van der Waals surface area contributed by atoms with Gasteiger partial charge in [-0.3, -0.25) is 4.79 Å². The molecule has 6 nitrogen and oxygen atoms in total. The maximum absolute atomic E-state index is 12.9. The molecule has 1 N–H and O–H groups in total. The number of carbonyl (C=O) groups excluding carboxylic acids is 2. The Bertz CT molecular complexity index is 1180. The molecular weight excluding hydrogens is 394 g/mol. The highest BCUT2D eigenvalue weighted by atomic mass is 16.6. The van der Waals surface area contributed by atoms with Gasteiger partial charge in [-0.15, -0.1) is 0 Å². The second-order valence-corrected chi connectivity index (χ2v) is 6.91. The fraction of sp³-hybridized carbons (Fsp3) is 0.120. The summed E-state index contributed by atoms with van der Waals surface area (Å²) in [4.78, 5) is 25.3. The number of para-hydroxylation sites is 3. The van der Waals surface area contributed by atoms with E-state index in [2.05, 4.69) is 5.32 Å². The molecule has 3 aromatic carbocycles. The highest BCUT2D eigenvalue weighted by Gasteiger charge is 2.26. The van der Waals surface area contributed by atoms with Crippen molar-refractivity contribution in [2.75, 3.05) is 5.32 Å². The maximum atomic E-state index is 12.9. The number of esters is 1. The number of rotatable bonds is 7. The van der Waals surface area contributed by atoms with Gasteiger partial charge in [-0.05, 0) is 37.3 Å². The molecule has 0 spiro atoms. The third-order valence-corrected chi connectivity index (χ3v) is 4.70. The SMILES string of the molecule is C[C@H](OC(=O)c1oc2ccccc2c1COc1ccccc1)C(=O)Nc1ccccc1. The van der Waals surface area contributed by atoms with Crippen molar-refractivity contribution in [2.24, 2.45) is 0 Å². The number of nitrogens with one attached hydrogen (secondary N) is 1. The van der Waals surface area contributed by atoms with E-state index in [1.165, 1.54) is 6.92 Å². The summed E-state index contributed by atoms with van der Waals surface area (Å²) >= 11 is 0. The van der Waals surface area contributed by atoms with Crippen LogP contribution in [0.2, 0.25) is 0 Å². The predicted molar refractivity (Wildman–Crippen MR) is 117 cm³/mol. The van der Waals surface area contributed by atoms with Crippen LogP contribution in [-0.4, -0.2) is 18.0 Å². The Hall–Kier alpha value is -4.06. The van der Waals surface area contributed by atoms with Crippen molar-refractivity contribution < 1.29 is 23.5 Å².